The fraction of sp³-hybridized carbons (Fsp3) is 0.571. The molecule has 3 N–H and O–H groups in total. The minimum atomic E-state index is -1.16. The topological polar surface area (TPSA) is 46.2 Å². The zero-order valence-corrected chi connectivity index (χ0v) is 10.3. The van der Waals surface area contributed by atoms with Crippen LogP contribution in [-0.4, -0.2) is 11.7 Å². The highest BCUT2D eigenvalue weighted by atomic mass is 19.1. The molecule has 1 aromatic rings. The molecule has 1 unspecified atom stereocenters. The van der Waals surface area contributed by atoms with Crippen LogP contribution in [0.3, 0.4) is 0 Å². The van der Waals surface area contributed by atoms with E-state index in [4.69, 9.17) is 5.73 Å². The van der Waals surface area contributed by atoms with E-state index in [9.17, 15) is 13.9 Å². The monoisotopic (exact) mass is 255 g/mol. The molecule has 0 aromatic heterocycles. The van der Waals surface area contributed by atoms with E-state index < -0.39 is 23.2 Å². The lowest BCUT2D eigenvalue weighted by Crippen LogP contribution is -2.39. The Bertz CT molecular complexity index is 396. The Morgan fingerprint density at radius 1 is 1.17 bits per heavy atom. The summed E-state index contributed by atoms with van der Waals surface area (Å²) >= 11 is 0. The number of hydrogen-bond acceptors (Lipinski definition) is 2. The zero-order chi connectivity index (χ0) is 13.2. The van der Waals surface area contributed by atoms with E-state index in [0.29, 0.717) is 0 Å². The number of rotatable bonds is 3. The Hall–Kier alpha value is -1.00. The highest BCUT2D eigenvalue weighted by Gasteiger charge is 2.40. The summed E-state index contributed by atoms with van der Waals surface area (Å²) in [5, 5.41) is 10.4. The van der Waals surface area contributed by atoms with Crippen LogP contribution in [0.1, 0.15) is 43.8 Å². The molecule has 0 amide bonds. The average Bonchev–Trinajstić information content (AvgIpc) is 2.39. The SMILES string of the molecule is NCC1(C(O)c2c(F)cccc2F)CCCCC1. The summed E-state index contributed by atoms with van der Waals surface area (Å²) < 4.78 is 27.4. The maximum Gasteiger partial charge on any atom is 0.131 e. The van der Waals surface area contributed by atoms with Crippen LogP contribution in [-0.2, 0) is 0 Å². The van der Waals surface area contributed by atoms with Crippen molar-refractivity contribution in [2.24, 2.45) is 11.1 Å². The van der Waals surface area contributed by atoms with Crippen LogP contribution in [0.25, 0.3) is 0 Å². The van der Waals surface area contributed by atoms with Gasteiger partial charge in [0.25, 0.3) is 0 Å². The van der Waals surface area contributed by atoms with E-state index in [1.54, 1.807) is 0 Å². The van der Waals surface area contributed by atoms with Gasteiger partial charge in [0.2, 0.25) is 0 Å². The first-order valence-corrected chi connectivity index (χ1v) is 6.43. The standard InChI is InChI=1S/C14H19F2NO/c15-10-5-4-6-11(16)12(10)13(18)14(9-17)7-2-1-3-8-14/h4-6,13,18H,1-3,7-9,17H2. The summed E-state index contributed by atoms with van der Waals surface area (Å²) in [5.41, 5.74) is 4.96. The van der Waals surface area contributed by atoms with E-state index >= 15 is 0 Å². The van der Waals surface area contributed by atoms with Gasteiger partial charge in [-0.25, -0.2) is 8.78 Å². The number of benzene rings is 1. The van der Waals surface area contributed by atoms with Gasteiger partial charge in [-0.15, -0.1) is 0 Å². The molecule has 0 bridgehead atoms. The first kappa shape index (κ1) is 13.4. The summed E-state index contributed by atoms with van der Waals surface area (Å²) in [6.07, 6.45) is 3.27. The zero-order valence-electron chi connectivity index (χ0n) is 10.3. The predicted molar refractivity (Wildman–Crippen MR) is 65.9 cm³/mol. The van der Waals surface area contributed by atoms with Crippen molar-refractivity contribution in [2.75, 3.05) is 6.54 Å². The molecule has 2 nitrogen and oxygen atoms in total. The summed E-state index contributed by atoms with van der Waals surface area (Å²) in [6.45, 7) is 0.252. The molecule has 1 aromatic carbocycles. The highest BCUT2D eigenvalue weighted by molar-refractivity contribution is 5.24. The third kappa shape index (κ3) is 2.27. The third-order valence-corrected chi connectivity index (χ3v) is 4.11. The molecule has 18 heavy (non-hydrogen) atoms. The smallest absolute Gasteiger partial charge is 0.131 e. The van der Waals surface area contributed by atoms with Crippen molar-refractivity contribution in [1.29, 1.82) is 0 Å². The van der Waals surface area contributed by atoms with Crippen molar-refractivity contribution < 1.29 is 13.9 Å². The van der Waals surface area contributed by atoms with Crippen LogP contribution in [0.4, 0.5) is 8.78 Å². The van der Waals surface area contributed by atoms with Gasteiger partial charge in [-0.1, -0.05) is 25.3 Å². The molecule has 0 aliphatic heterocycles. The molecule has 2 rings (SSSR count). The number of hydrogen-bond donors (Lipinski definition) is 2. The van der Waals surface area contributed by atoms with Gasteiger partial charge in [-0.2, -0.15) is 0 Å². The van der Waals surface area contributed by atoms with Gasteiger partial charge in [0, 0.05) is 12.0 Å². The lowest BCUT2D eigenvalue weighted by atomic mass is 9.68. The van der Waals surface area contributed by atoms with Crippen LogP contribution in [0, 0.1) is 17.0 Å². The van der Waals surface area contributed by atoms with Crippen LogP contribution < -0.4 is 5.73 Å². The molecule has 0 heterocycles. The van der Waals surface area contributed by atoms with Crippen molar-refractivity contribution in [3.05, 3.63) is 35.4 Å². The van der Waals surface area contributed by atoms with Crippen LogP contribution in [0.15, 0.2) is 18.2 Å². The van der Waals surface area contributed by atoms with Crippen LogP contribution in [0.5, 0.6) is 0 Å². The molecule has 4 heteroatoms. The second-order valence-electron chi connectivity index (χ2n) is 5.17. The van der Waals surface area contributed by atoms with Gasteiger partial charge in [-0.05, 0) is 25.0 Å². The minimum Gasteiger partial charge on any atom is -0.388 e. The largest absolute Gasteiger partial charge is 0.388 e. The Kier molecular flexibility index (Phi) is 3.97. The molecule has 1 fully saturated rings. The average molecular weight is 255 g/mol. The number of aliphatic hydroxyl groups is 1. The molecular weight excluding hydrogens is 236 g/mol. The number of aliphatic hydroxyl groups excluding tert-OH is 1. The van der Waals surface area contributed by atoms with E-state index in [2.05, 4.69) is 0 Å². The Balaban J connectivity index is 2.36. The molecule has 100 valence electrons. The van der Waals surface area contributed by atoms with Crippen molar-refractivity contribution in [1.82, 2.24) is 0 Å². The molecule has 1 aliphatic rings. The normalized spacial score (nSPS) is 20.7. The lowest BCUT2D eigenvalue weighted by Gasteiger charge is -2.40. The van der Waals surface area contributed by atoms with Gasteiger partial charge in [0.05, 0.1) is 11.7 Å². The molecular formula is C14H19F2NO. The van der Waals surface area contributed by atoms with Crippen LogP contribution in [0.2, 0.25) is 0 Å². The van der Waals surface area contributed by atoms with Crippen LogP contribution >= 0.6 is 0 Å². The van der Waals surface area contributed by atoms with Gasteiger partial charge in [-0.3, -0.25) is 0 Å². The fourth-order valence-corrected chi connectivity index (χ4v) is 2.92. The second-order valence-corrected chi connectivity index (χ2v) is 5.17. The Morgan fingerprint density at radius 2 is 1.72 bits per heavy atom. The van der Waals surface area contributed by atoms with Crippen molar-refractivity contribution in [3.63, 3.8) is 0 Å². The third-order valence-electron chi connectivity index (χ3n) is 4.11. The van der Waals surface area contributed by atoms with E-state index in [-0.39, 0.29) is 12.1 Å². The quantitative estimate of drug-likeness (QED) is 0.872. The minimum absolute atomic E-state index is 0.232. The van der Waals surface area contributed by atoms with Gasteiger partial charge < -0.3 is 10.8 Å². The van der Waals surface area contributed by atoms with E-state index in [0.717, 1.165) is 32.1 Å². The van der Waals surface area contributed by atoms with Crippen molar-refractivity contribution >= 4 is 0 Å². The highest BCUT2D eigenvalue weighted by Crippen LogP contribution is 2.46. The Morgan fingerprint density at radius 3 is 2.22 bits per heavy atom. The van der Waals surface area contributed by atoms with Gasteiger partial charge in [0.1, 0.15) is 11.6 Å². The summed E-state index contributed by atoms with van der Waals surface area (Å²) in [4.78, 5) is 0. The predicted octanol–water partition coefficient (Wildman–Crippen LogP) is 2.91. The summed E-state index contributed by atoms with van der Waals surface area (Å²) in [7, 11) is 0. The number of nitrogens with two attached hydrogens (primary N) is 1. The molecule has 1 aliphatic carbocycles. The van der Waals surface area contributed by atoms with E-state index in [1.165, 1.54) is 18.2 Å². The molecule has 0 radical (unpaired) electrons. The van der Waals surface area contributed by atoms with Gasteiger partial charge >= 0.3 is 0 Å². The maximum atomic E-state index is 13.7. The molecule has 1 atom stereocenters. The van der Waals surface area contributed by atoms with Crippen molar-refractivity contribution in [3.8, 4) is 0 Å². The van der Waals surface area contributed by atoms with Crippen molar-refractivity contribution in [2.45, 2.75) is 38.2 Å². The summed E-state index contributed by atoms with van der Waals surface area (Å²) in [5.74, 6) is -1.39. The Labute approximate surface area is 106 Å². The first-order chi connectivity index (χ1) is 8.60. The summed E-state index contributed by atoms with van der Waals surface area (Å²) in [6, 6.07) is 3.65. The molecule has 0 spiro atoms. The maximum absolute atomic E-state index is 13.7. The number of halogens is 2. The molecule has 1 saturated carbocycles. The van der Waals surface area contributed by atoms with E-state index in [1.807, 2.05) is 0 Å². The van der Waals surface area contributed by atoms with Gasteiger partial charge in [0.15, 0.2) is 0 Å². The first-order valence-electron chi connectivity index (χ1n) is 6.43. The fourth-order valence-electron chi connectivity index (χ4n) is 2.92. The second kappa shape index (κ2) is 5.33. The lowest BCUT2D eigenvalue weighted by molar-refractivity contribution is -0.00390. The molecule has 0 saturated heterocycles.